The second kappa shape index (κ2) is 10.5. The zero-order chi connectivity index (χ0) is 22.2. The predicted octanol–water partition coefficient (Wildman–Crippen LogP) is 3.20. The van der Waals surface area contributed by atoms with Crippen LogP contribution < -0.4 is 15.5 Å². The maximum Gasteiger partial charge on any atom is 0.268 e. The van der Waals surface area contributed by atoms with Gasteiger partial charge in [-0.2, -0.15) is 0 Å². The van der Waals surface area contributed by atoms with Crippen LogP contribution in [0.25, 0.3) is 6.08 Å². The van der Waals surface area contributed by atoms with Crippen LogP contribution in [0.2, 0.25) is 0 Å². The molecule has 1 saturated heterocycles. The summed E-state index contributed by atoms with van der Waals surface area (Å²) in [7, 11) is 0. The van der Waals surface area contributed by atoms with Crippen LogP contribution >= 0.6 is 0 Å². The minimum atomic E-state index is -0.400. The molecule has 2 N–H and O–H groups in total. The molecule has 0 aliphatic carbocycles. The Kier molecular flexibility index (Phi) is 6.99. The number of furan rings is 1. The van der Waals surface area contributed by atoms with Crippen LogP contribution in [0.4, 0.5) is 5.69 Å². The average molecular weight is 431 g/mol. The fraction of sp³-hybridized carbons (Fsp3) is 0.200. The highest BCUT2D eigenvalue weighted by atomic mass is 16.5. The quantitative estimate of drug-likeness (QED) is 0.562. The predicted molar refractivity (Wildman–Crippen MR) is 122 cm³/mol. The zero-order valence-corrected chi connectivity index (χ0v) is 17.6. The van der Waals surface area contributed by atoms with Crippen molar-refractivity contribution in [2.75, 3.05) is 31.2 Å². The Labute approximate surface area is 186 Å². The maximum atomic E-state index is 12.9. The first-order valence-corrected chi connectivity index (χ1v) is 10.5. The topological polar surface area (TPSA) is 83.8 Å². The van der Waals surface area contributed by atoms with Gasteiger partial charge in [-0.15, -0.1) is 0 Å². The van der Waals surface area contributed by atoms with Crippen molar-refractivity contribution in [3.8, 4) is 0 Å². The van der Waals surface area contributed by atoms with E-state index in [-0.39, 0.29) is 11.6 Å². The van der Waals surface area contributed by atoms with E-state index in [2.05, 4.69) is 15.5 Å². The molecule has 1 aliphatic heterocycles. The van der Waals surface area contributed by atoms with E-state index in [4.69, 9.17) is 9.15 Å². The zero-order valence-electron chi connectivity index (χ0n) is 17.6. The minimum Gasteiger partial charge on any atom is -0.465 e. The first kappa shape index (κ1) is 21.4. The Balaban J connectivity index is 1.41. The minimum absolute atomic E-state index is 0.110. The van der Waals surface area contributed by atoms with Crippen LogP contribution in [0.1, 0.15) is 21.7 Å². The van der Waals surface area contributed by atoms with E-state index in [9.17, 15) is 9.59 Å². The summed E-state index contributed by atoms with van der Waals surface area (Å²) < 4.78 is 10.7. The monoisotopic (exact) mass is 431 g/mol. The highest BCUT2D eigenvalue weighted by molar-refractivity contribution is 6.05. The number of anilines is 1. The molecular weight excluding hydrogens is 406 g/mol. The van der Waals surface area contributed by atoms with Crippen molar-refractivity contribution in [3.05, 3.63) is 95.6 Å². The number of amides is 2. The third-order valence-corrected chi connectivity index (χ3v) is 5.12. The Hall–Kier alpha value is -3.84. The standard InChI is InChI=1S/C25H25N3O4/c29-24(20-5-2-1-3-6-20)27-23(17-22-7-4-14-32-22)25(30)26-18-19-8-10-21(11-9-19)28-12-15-31-16-13-28/h1-11,14,17H,12-13,15-16,18H2,(H,26,30)(H,27,29). The lowest BCUT2D eigenvalue weighted by atomic mass is 10.1. The normalized spacial score (nSPS) is 14.1. The van der Waals surface area contributed by atoms with E-state index in [1.165, 1.54) is 12.3 Å². The first-order chi connectivity index (χ1) is 15.7. The van der Waals surface area contributed by atoms with Crippen molar-refractivity contribution in [3.63, 3.8) is 0 Å². The average Bonchev–Trinajstić information content (AvgIpc) is 3.37. The Morgan fingerprint density at radius 3 is 2.38 bits per heavy atom. The lowest BCUT2D eigenvalue weighted by molar-refractivity contribution is -0.117. The van der Waals surface area contributed by atoms with E-state index in [0.29, 0.717) is 17.9 Å². The molecule has 0 atom stereocenters. The SMILES string of the molecule is O=C(NCc1ccc(N2CCOCC2)cc1)C(=Cc1ccco1)NC(=O)c1ccccc1. The molecule has 2 aromatic carbocycles. The molecule has 2 amide bonds. The second-order valence-electron chi connectivity index (χ2n) is 7.34. The second-order valence-corrected chi connectivity index (χ2v) is 7.34. The van der Waals surface area contributed by atoms with Gasteiger partial charge in [-0.1, -0.05) is 30.3 Å². The molecule has 7 heteroatoms. The number of hydrogen-bond acceptors (Lipinski definition) is 5. The third kappa shape index (κ3) is 5.65. The van der Waals surface area contributed by atoms with Crippen molar-refractivity contribution < 1.29 is 18.7 Å². The number of ether oxygens (including phenoxy) is 1. The van der Waals surface area contributed by atoms with Gasteiger partial charge in [0, 0.05) is 37.0 Å². The molecule has 3 aromatic rings. The summed E-state index contributed by atoms with van der Waals surface area (Å²) in [5.41, 5.74) is 2.67. The number of carbonyl (C=O) groups is 2. The van der Waals surface area contributed by atoms with E-state index in [1.54, 1.807) is 36.4 Å². The van der Waals surface area contributed by atoms with Gasteiger partial charge in [0.15, 0.2) is 0 Å². The van der Waals surface area contributed by atoms with Crippen LogP contribution in [0.3, 0.4) is 0 Å². The Bertz CT molecular complexity index is 1050. The van der Waals surface area contributed by atoms with Crippen molar-refractivity contribution in [1.29, 1.82) is 0 Å². The van der Waals surface area contributed by atoms with E-state index < -0.39 is 5.91 Å². The molecule has 0 saturated carbocycles. The Morgan fingerprint density at radius 1 is 0.938 bits per heavy atom. The summed E-state index contributed by atoms with van der Waals surface area (Å²) >= 11 is 0. The molecule has 1 aliphatic rings. The summed E-state index contributed by atoms with van der Waals surface area (Å²) in [5.74, 6) is -0.297. The van der Waals surface area contributed by atoms with Crippen LogP contribution in [0.15, 0.2) is 83.1 Å². The first-order valence-electron chi connectivity index (χ1n) is 10.5. The van der Waals surface area contributed by atoms with Gasteiger partial charge >= 0.3 is 0 Å². The number of morpholine rings is 1. The van der Waals surface area contributed by atoms with E-state index >= 15 is 0 Å². The van der Waals surface area contributed by atoms with Crippen molar-refractivity contribution in [2.24, 2.45) is 0 Å². The molecule has 7 nitrogen and oxygen atoms in total. The number of nitrogens with one attached hydrogen (secondary N) is 2. The Morgan fingerprint density at radius 2 is 1.69 bits per heavy atom. The number of nitrogens with zero attached hydrogens (tertiary/aromatic N) is 1. The van der Waals surface area contributed by atoms with Crippen molar-refractivity contribution >= 4 is 23.6 Å². The van der Waals surface area contributed by atoms with Gasteiger partial charge in [0.2, 0.25) is 0 Å². The maximum absolute atomic E-state index is 12.9. The third-order valence-electron chi connectivity index (χ3n) is 5.12. The van der Waals surface area contributed by atoms with Gasteiger partial charge in [-0.05, 0) is 42.0 Å². The molecule has 0 unspecified atom stereocenters. The van der Waals surface area contributed by atoms with Crippen LogP contribution in [-0.2, 0) is 16.1 Å². The van der Waals surface area contributed by atoms with E-state index in [1.807, 2.05) is 30.3 Å². The van der Waals surface area contributed by atoms with Gasteiger partial charge in [-0.25, -0.2) is 0 Å². The van der Waals surface area contributed by atoms with Gasteiger partial charge < -0.3 is 24.7 Å². The molecule has 164 valence electrons. The van der Waals surface area contributed by atoms with Crippen LogP contribution in [0.5, 0.6) is 0 Å². The number of hydrogen-bond donors (Lipinski definition) is 2. The molecule has 1 aromatic heterocycles. The van der Waals surface area contributed by atoms with Gasteiger partial charge in [0.1, 0.15) is 11.5 Å². The summed E-state index contributed by atoms with van der Waals surface area (Å²) in [6, 6.07) is 20.2. The molecule has 1 fully saturated rings. The lowest BCUT2D eigenvalue weighted by Gasteiger charge is -2.28. The highest BCUT2D eigenvalue weighted by Gasteiger charge is 2.15. The van der Waals surface area contributed by atoms with Crippen molar-refractivity contribution in [1.82, 2.24) is 10.6 Å². The highest BCUT2D eigenvalue weighted by Crippen LogP contribution is 2.17. The number of carbonyl (C=O) groups excluding carboxylic acids is 2. The summed E-state index contributed by atoms with van der Waals surface area (Å²) in [5, 5.41) is 5.56. The molecule has 32 heavy (non-hydrogen) atoms. The smallest absolute Gasteiger partial charge is 0.268 e. The van der Waals surface area contributed by atoms with Gasteiger partial charge in [0.05, 0.1) is 19.5 Å². The summed E-state index contributed by atoms with van der Waals surface area (Å²) in [6.07, 6.45) is 3.02. The molecule has 2 heterocycles. The lowest BCUT2D eigenvalue weighted by Crippen LogP contribution is -2.36. The molecular formula is C25H25N3O4. The molecule has 0 bridgehead atoms. The van der Waals surface area contributed by atoms with Crippen LogP contribution in [-0.4, -0.2) is 38.1 Å². The number of rotatable bonds is 7. The van der Waals surface area contributed by atoms with Crippen molar-refractivity contribution in [2.45, 2.75) is 6.54 Å². The fourth-order valence-electron chi connectivity index (χ4n) is 3.38. The van der Waals surface area contributed by atoms with Crippen LogP contribution in [0, 0.1) is 0 Å². The van der Waals surface area contributed by atoms with Gasteiger partial charge in [0.25, 0.3) is 11.8 Å². The fourth-order valence-corrected chi connectivity index (χ4v) is 3.38. The molecule has 0 spiro atoms. The van der Waals surface area contributed by atoms with Gasteiger partial charge in [-0.3, -0.25) is 9.59 Å². The summed E-state index contributed by atoms with van der Waals surface area (Å²) in [6.45, 7) is 3.55. The molecule has 0 radical (unpaired) electrons. The summed E-state index contributed by atoms with van der Waals surface area (Å²) in [4.78, 5) is 27.7. The number of benzene rings is 2. The van der Waals surface area contributed by atoms with E-state index in [0.717, 1.165) is 37.6 Å². The largest absolute Gasteiger partial charge is 0.465 e. The molecule has 4 rings (SSSR count).